The molecule has 1 unspecified atom stereocenters. The molecule has 0 N–H and O–H groups in total. The molecular formula is C29H15F8NO4S. The molecule has 0 spiro atoms. The summed E-state index contributed by atoms with van der Waals surface area (Å²) in [5.74, 6) is -13.2. The second kappa shape index (κ2) is 11.2. The number of nitrogens with zero attached hydrogens (tertiary/aromatic N) is 1. The summed E-state index contributed by atoms with van der Waals surface area (Å²) in [4.78, 5) is 12.7. The molecule has 0 radical (unpaired) electrons. The number of methoxy groups -OCH3 is 1. The Morgan fingerprint density at radius 1 is 0.744 bits per heavy atom. The van der Waals surface area contributed by atoms with Crippen LogP contribution in [-0.2, 0) is 17.3 Å². The molecule has 0 bridgehead atoms. The summed E-state index contributed by atoms with van der Waals surface area (Å²) in [6.45, 7) is 0. The summed E-state index contributed by atoms with van der Waals surface area (Å²) in [6.07, 6.45) is -4.56. The van der Waals surface area contributed by atoms with Gasteiger partial charge in [-0.2, -0.15) is 22.0 Å². The zero-order valence-electron chi connectivity index (χ0n) is 21.4. The van der Waals surface area contributed by atoms with Gasteiger partial charge in [0.1, 0.15) is 5.75 Å². The van der Waals surface area contributed by atoms with Crippen LogP contribution in [0.5, 0.6) is 11.5 Å². The molecule has 0 aliphatic heterocycles. The van der Waals surface area contributed by atoms with Crippen molar-refractivity contribution in [1.29, 1.82) is 0 Å². The Bertz CT molecular complexity index is 1960. The number of aromatic nitrogens is 1. The molecule has 0 fully saturated rings. The molecule has 222 valence electrons. The molecule has 4 aromatic carbocycles. The van der Waals surface area contributed by atoms with Crippen molar-refractivity contribution in [3.05, 3.63) is 118 Å². The third-order valence-corrected chi connectivity index (χ3v) is 7.29. The fourth-order valence-corrected chi connectivity index (χ4v) is 5.07. The van der Waals surface area contributed by atoms with Gasteiger partial charge in [-0.05, 0) is 59.7 Å². The lowest BCUT2D eigenvalue weighted by Gasteiger charge is -2.16. The number of alkyl halides is 3. The number of benzene rings is 4. The second-order valence-corrected chi connectivity index (χ2v) is 10.0. The molecule has 1 heterocycles. The van der Waals surface area contributed by atoms with E-state index in [0.29, 0.717) is 5.56 Å². The van der Waals surface area contributed by atoms with E-state index in [0.717, 1.165) is 24.3 Å². The molecule has 0 saturated carbocycles. The van der Waals surface area contributed by atoms with Crippen molar-refractivity contribution in [2.75, 3.05) is 7.11 Å². The minimum Gasteiger partial charge on any atom is -0.495 e. The molecule has 43 heavy (non-hydrogen) atoms. The van der Waals surface area contributed by atoms with E-state index in [1.807, 2.05) is 0 Å². The number of pyridine rings is 1. The van der Waals surface area contributed by atoms with Crippen molar-refractivity contribution in [2.45, 2.75) is 11.1 Å². The summed E-state index contributed by atoms with van der Waals surface area (Å²) < 4.78 is 132. The average Bonchev–Trinajstić information content (AvgIpc) is 3.00. The molecule has 5 nitrogen and oxygen atoms in total. The summed E-state index contributed by atoms with van der Waals surface area (Å²) in [5, 5.41) is 0.246. The molecule has 5 rings (SSSR count). The van der Waals surface area contributed by atoms with Gasteiger partial charge in [-0.15, -0.1) is 0 Å². The lowest BCUT2D eigenvalue weighted by molar-refractivity contribution is -0.137. The molecule has 14 heteroatoms. The summed E-state index contributed by atoms with van der Waals surface area (Å²) in [7, 11) is 1.29. The van der Waals surface area contributed by atoms with Crippen LogP contribution < -0.4 is 14.5 Å². The highest BCUT2D eigenvalue weighted by Crippen LogP contribution is 2.35. The number of ether oxygens (including phenoxy) is 1. The number of hydrogen-bond acceptors (Lipinski definition) is 4. The van der Waals surface area contributed by atoms with Crippen LogP contribution in [0.2, 0.25) is 0 Å². The van der Waals surface area contributed by atoms with Crippen LogP contribution >= 0.6 is 0 Å². The van der Waals surface area contributed by atoms with Crippen LogP contribution in [0.3, 0.4) is 0 Å². The SMILES string of the molecule is COc1cc(-c2cccc(C(F)(F)F)c2)ccc1-n1c(=O)ccc2cc(S(=O)Oc3c(F)c(F)c(F)c(F)c3F)ccc21. The maximum absolute atomic E-state index is 14.0. The van der Waals surface area contributed by atoms with E-state index in [-0.39, 0.29) is 32.8 Å². The van der Waals surface area contributed by atoms with Crippen LogP contribution in [0.4, 0.5) is 35.1 Å². The number of halogens is 8. The second-order valence-electron chi connectivity index (χ2n) is 8.91. The molecule has 1 aromatic heterocycles. The van der Waals surface area contributed by atoms with Gasteiger partial charge in [-0.25, -0.2) is 17.4 Å². The van der Waals surface area contributed by atoms with Gasteiger partial charge < -0.3 is 8.92 Å². The van der Waals surface area contributed by atoms with Crippen molar-refractivity contribution in [1.82, 2.24) is 4.57 Å². The van der Waals surface area contributed by atoms with E-state index < -0.39 is 63.2 Å². The Morgan fingerprint density at radius 3 is 2.05 bits per heavy atom. The number of rotatable bonds is 6. The molecule has 1 atom stereocenters. The van der Waals surface area contributed by atoms with Crippen molar-refractivity contribution < 1.29 is 48.3 Å². The van der Waals surface area contributed by atoms with Crippen LogP contribution in [-0.4, -0.2) is 15.9 Å². The Balaban J connectivity index is 1.54. The first-order valence-electron chi connectivity index (χ1n) is 11.9. The van der Waals surface area contributed by atoms with E-state index in [9.17, 15) is 44.1 Å². The van der Waals surface area contributed by atoms with E-state index in [1.165, 1.54) is 60.2 Å². The molecule has 0 saturated heterocycles. The summed E-state index contributed by atoms with van der Waals surface area (Å²) in [5.41, 5.74) is -0.386. The molecule has 0 aliphatic carbocycles. The standard InChI is InChI=1S/C29H15F8NO4S/c1-41-21-13-15(14-3-2-4-17(11-14)29(35,36)37)5-8-20(21)38-19-9-7-18(12-16(19)6-10-22(38)39)43(40)42-28-26(33)24(31)23(30)25(32)27(28)34/h2-13H,1H3. The zero-order valence-corrected chi connectivity index (χ0v) is 22.3. The minimum atomic E-state index is -4.56. The molecule has 5 aromatic rings. The van der Waals surface area contributed by atoms with Gasteiger partial charge in [0.05, 0.1) is 28.8 Å². The summed E-state index contributed by atoms with van der Waals surface area (Å²) >= 11 is -2.76. The predicted molar refractivity (Wildman–Crippen MR) is 140 cm³/mol. The van der Waals surface area contributed by atoms with Crippen LogP contribution in [0.15, 0.2) is 82.5 Å². The Labute approximate surface area is 239 Å². The van der Waals surface area contributed by atoms with Gasteiger partial charge in [0.25, 0.3) is 5.56 Å². The van der Waals surface area contributed by atoms with Crippen LogP contribution in [0, 0.1) is 29.1 Å². The molecule has 0 aliphatic rings. The van der Waals surface area contributed by atoms with Crippen LogP contribution in [0.1, 0.15) is 5.56 Å². The maximum atomic E-state index is 14.0. The van der Waals surface area contributed by atoms with Gasteiger partial charge in [-0.3, -0.25) is 9.36 Å². The lowest BCUT2D eigenvalue weighted by atomic mass is 10.0. The van der Waals surface area contributed by atoms with E-state index in [4.69, 9.17) is 4.74 Å². The van der Waals surface area contributed by atoms with Crippen molar-refractivity contribution in [3.8, 4) is 28.3 Å². The zero-order chi connectivity index (χ0) is 31.2. The first-order valence-corrected chi connectivity index (χ1v) is 13.0. The summed E-state index contributed by atoms with van der Waals surface area (Å²) in [6, 6.07) is 15.1. The van der Waals surface area contributed by atoms with E-state index >= 15 is 0 Å². The Kier molecular flexibility index (Phi) is 7.73. The van der Waals surface area contributed by atoms with E-state index in [1.54, 1.807) is 0 Å². The largest absolute Gasteiger partial charge is 0.495 e. The Morgan fingerprint density at radius 2 is 1.40 bits per heavy atom. The smallest absolute Gasteiger partial charge is 0.416 e. The van der Waals surface area contributed by atoms with E-state index in [2.05, 4.69) is 4.18 Å². The highest BCUT2D eigenvalue weighted by atomic mass is 32.2. The number of fused-ring (bicyclic) bond motifs is 1. The topological polar surface area (TPSA) is 57.5 Å². The monoisotopic (exact) mass is 625 g/mol. The maximum Gasteiger partial charge on any atom is 0.416 e. The minimum absolute atomic E-state index is 0.117. The highest BCUT2D eigenvalue weighted by Gasteiger charge is 2.31. The van der Waals surface area contributed by atoms with Crippen molar-refractivity contribution >= 4 is 22.0 Å². The average molecular weight is 625 g/mol. The van der Waals surface area contributed by atoms with Gasteiger partial charge >= 0.3 is 6.18 Å². The molecular weight excluding hydrogens is 610 g/mol. The van der Waals surface area contributed by atoms with Gasteiger partial charge in [0.2, 0.25) is 45.9 Å². The van der Waals surface area contributed by atoms with Gasteiger partial charge in [0, 0.05) is 11.5 Å². The predicted octanol–water partition coefficient (Wildman–Crippen LogP) is 7.48. The van der Waals surface area contributed by atoms with Crippen molar-refractivity contribution in [3.63, 3.8) is 0 Å². The fourth-order valence-electron chi connectivity index (χ4n) is 4.27. The Hall–Kier alpha value is -4.72. The first-order chi connectivity index (χ1) is 20.3. The lowest BCUT2D eigenvalue weighted by Crippen LogP contribution is -2.18. The third-order valence-electron chi connectivity index (χ3n) is 6.33. The quantitative estimate of drug-likeness (QED) is 0.112. The first kappa shape index (κ1) is 29.8. The molecule has 0 amide bonds. The van der Waals surface area contributed by atoms with Crippen LogP contribution in [0.25, 0.3) is 27.7 Å². The fraction of sp³-hybridized carbons (Fsp3) is 0.0690. The van der Waals surface area contributed by atoms with Gasteiger partial charge in [-0.1, -0.05) is 18.2 Å². The third kappa shape index (κ3) is 5.45. The van der Waals surface area contributed by atoms with Gasteiger partial charge in [0.15, 0.2) is 0 Å². The van der Waals surface area contributed by atoms with Crippen molar-refractivity contribution in [2.24, 2.45) is 0 Å². The highest BCUT2D eigenvalue weighted by molar-refractivity contribution is 7.80. The number of hydrogen-bond donors (Lipinski definition) is 0. The normalized spacial score (nSPS) is 12.4.